The van der Waals surface area contributed by atoms with E-state index in [1.165, 1.54) is 18.2 Å². The number of pyridine rings is 1. The summed E-state index contributed by atoms with van der Waals surface area (Å²) in [4.78, 5) is 42.8. The van der Waals surface area contributed by atoms with Crippen LogP contribution in [0.5, 0.6) is 0 Å². The molecule has 0 aromatic carbocycles. The quantitative estimate of drug-likeness (QED) is 0.736. The van der Waals surface area contributed by atoms with Crippen molar-refractivity contribution >= 4 is 29.6 Å². The molecule has 2 N–H and O–H groups in total. The Bertz CT molecular complexity index is 698. The Kier molecular flexibility index (Phi) is 7.30. The molecule has 1 atom stereocenters. The summed E-state index contributed by atoms with van der Waals surface area (Å²) in [5.41, 5.74) is 0.565. The molecule has 1 aromatic heterocycles. The van der Waals surface area contributed by atoms with Gasteiger partial charge in [-0.05, 0) is 44.7 Å². The smallest absolute Gasteiger partial charge is 0.321 e. The molecule has 1 aliphatic heterocycles. The molecular formula is C20H28N4O3S. The number of likely N-dealkylation sites (tertiary alicyclic amines) is 1. The molecule has 7 nitrogen and oxygen atoms in total. The summed E-state index contributed by atoms with van der Waals surface area (Å²) in [7, 11) is 0. The zero-order chi connectivity index (χ0) is 19.9. The highest BCUT2D eigenvalue weighted by molar-refractivity contribution is 8.00. The van der Waals surface area contributed by atoms with E-state index in [-0.39, 0.29) is 17.9 Å². The summed E-state index contributed by atoms with van der Waals surface area (Å²) >= 11 is 1.26. The van der Waals surface area contributed by atoms with Gasteiger partial charge in [0.05, 0.1) is 15.8 Å². The van der Waals surface area contributed by atoms with E-state index in [2.05, 4.69) is 15.6 Å². The van der Waals surface area contributed by atoms with Crippen molar-refractivity contribution < 1.29 is 14.4 Å². The maximum atomic E-state index is 12.3. The maximum absolute atomic E-state index is 12.3. The largest absolute Gasteiger partial charge is 0.339 e. The summed E-state index contributed by atoms with van der Waals surface area (Å²) in [5.74, 6) is -0.343. The summed E-state index contributed by atoms with van der Waals surface area (Å²) in [6.07, 6.45) is 9.05. The average Bonchev–Trinajstić information content (AvgIpc) is 3.23. The lowest BCUT2D eigenvalue weighted by Gasteiger charge is -2.23. The summed E-state index contributed by atoms with van der Waals surface area (Å²) in [5, 5.41) is 5.47. The van der Waals surface area contributed by atoms with Crippen LogP contribution in [0.3, 0.4) is 0 Å². The van der Waals surface area contributed by atoms with Crippen LogP contribution in [0.4, 0.5) is 4.79 Å². The Morgan fingerprint density at radius 1 is 1.11 bits per heavy atom. The van der Waals surface area contributed by atoms with Gasteiger partial charge in [-0.25, -0.2) is 9.78 Å². The standard InChI is InChI=1S/C20H28N4O3S/c1-14(18(25)23-20(27)22-16-7-3-2-4-8-16)28-17-10-9-15(13-21-17)19(26)24-11-5-6-12-24/h9-10,13-14,16H,2-8,11-12H2,1H3,(H2,22,23,25,27)/t14-/m0/s1. The van der Waals surface area contributed by atoms with Crippen LogP contribution in [0.2, 0.25) is 0 Å². The number of carbonyl (C=O) groups is 3. The van der Waals surface area contributed by atoms with Gasteiger partial charge in [-0.1, -0.05) is 31.0 Å². The Hall–Kier alpha value is -2.09. The van der Waals surface area contributed by atoms with Crippen LogP contribution in [0.25, 0.3) is 0 Å². The molecule has 0 radical (unpaired) electrons. The summed E-state index contributed by atoms with van der Waals surface area (Å²) in [6, 6.07) is 3.23. The number of imide groups is 1. The van der Waals surface area contributed by atoms with Gasteiger partial charge in [-0.15, -0.1) is 0 Å². The van der Waals surface area contributed by atoms with Crippen molar-refractivity contribution in [2.75, 3.05) is 13.1 Å². The third kappa shape index (κ3) is 5.70. The lowest BCUT2D eigenvalue weighted by Crippen LogP contribution is -2.47. The van der Waals surface area contributed by atoms with E-state index in [1.54, 1.807) is 25.3 Å². The number of rotatable bonds is 5. The van der Waals surface area contributed by atoms with Gasteiger partial charge in [0.1, 0.15) is 0 Å². The number of hydrogen-bond donors (Lipinski definition) is 2. The highest BCUT2D eigenvalue weighted by atomic mass is 32.2. The van der Waals surface area contributed by atoms with Gasteiger partial charge >= 0.3 is 6.03 Å². The Labute approximate surface area is 170 Å². The number of carbonyl (C=O) groups excluding carboxylic acids is 3. The molecule has 28 heavy (non-hydrogen) atoms. The number of aromatic nitrogens is 1. The fraction of sp³-hybridized carbons (Fsp3) is 0.600. The highest BCUT2D eigenvalue weighted by Crippen LogP contribution is 2.22. The van der Waals surface area contributed by atoms with Crippen molar-refractivity contribution in [3.63, 3.8) is 0 Å². The van der Waals surface area contributed by atoms with Crippen molar-refractivity contribution in [2.45, 2.75) is 68.2 Å². The van der Waals surface area contributed by atoms with Gasteiger partial charge in [0.25, 0.3) is 5.91 Å². The predicted molar refractivity (Wildman–Crippen MR) is 108 cm³/mol. The molecule has 0 unspecified atom stereocenters. The number of nitrogens with one attached hydrogen (secondary N) is 2. The second kappa shape index (κ2) is 9.91. The molecule has 1 aromatic rings. The van der Waals surface area contributed by atoms with E-state index in [9.17, 15) is 14.4 Å². The molecule has 0 spiro atoms. The average molecular weight is 405 g/mol. The lowest BCUT2D eigenvalue weighted by molar-refractivity contribution is -0.119. The van der Waals surface area contributed by atoms with Gasteiger partial charge in [0.2, 0.25) is 5.91 Å². The number of thioether (sulfide) groups is 1. The van der Waals surface area contributed by atoms with Crippen molar-refractivity contribution in [3.05, 3.63) is 23.9 Å². The molecule has 4 amide bonds. The number of amides is 4. The van der Waals surface area contributed by atoms with Gasteiger partial charge in [-0.3, -0.25) is 14.9 Å². The molecular weight excluding hydrogens is 376 g/mol. The third-order valence-corrected chi connectivity index (χ3v) is 6.27. The zero-order valence-corrected chi connectivity index (χ0v) is 17.1. The summed E-state index contributed by atoms with van der Waals surface area (Å²) < 4.78 is 0. The fourth-order valence-electron chi connectivity index (χ4n) is 3.60. The number of nitrogens with zero attached hydrogens (tertiary/aromatic N) is 2. The normalized spacial score (nSPS) is 18.5. The van der Waals surface area contributed by atoms with E-state index in [0.717, 1.165) is 51.6 Å². The molecule has 2 fully saturated rings. The lowest BCUT2D eigenvalue weighted by atomic mass is 9.96. The Morgan fingerprint density at radius 3 is 2.46 bits per heavy atom. The van der Waals surface area contributed by atoms with E-state index < -0.39 is 11.3 Å². The fourth-order valence-corrected chi connectivity index (χ4v) is 4.38. The van der Waals surface area contributed by atoms with Crippen molar-refractivity contribution in [1.82, 2.24) is 20.5 Å². The number of hydrogen-bond acceptors (Lipinski definition) is 5. The molecule has 3 rings (SSSR count). The van der Waals surface area contributed by atoms with Gasteiger partial charge in [-0.2, -0.15) is 0 Å². The van der Waals surface area contributed by atoms with Gasteiger partial charge < -0.3 is 10.2 Å². The van der Waals surface area contributed by atoms with E-state index in [4.69, 9.17) is 0 Å². The predicted octanol–water partition coefficient (Wildman–Crippen LogP) is 2.96. The van der Waals surface area contributed by atoms with E-state index in [1.807, 2.05) is 4.90 Å². The van der Waals surface area contributed by atoms with Crippen LogP contribution < -0.4 is 10.6 Å². The van der Waals surface area contributed by atoms with Crippen LogP contribution in [0, 0.1) is 0 Å². The van der Waals surface area contributed by atoms with Crippen LogP contribution in [0.1, 0.15) is 62.2 Å². The molecule has 2 heterocycles. The first-order valence-electron chi connectivity index (χ1n) is 10.1. The third-order valence-electron chi connectivity index (χ3n) is 5.22. The molecule has 1 aliphatic carbocycles. The minimum Gasteiger partial charge on any atom is -0.339 e. The molecule has 1 saturated carbocycles. The minimum absolute atomic E-state index is 0.00623. The van der Waals surface area contributed by atoms with Crippen LogP contribution in [-0.2, 0) is 4.79 Å². The first-order valence-corrected chi connectivity index (χ1v) is 10.9. The van der Waals surface area contributed by atoms with Gasteiger partial charge in [0.15, 0.2) is 0 Å². The molecule has 0 bridgehead atoms. The van der Waals surface area contributed by atoms with Crippen LogP contribution in [-0.4, -0.2) is 52.1 Å². The maximum Gasteiger partial charge on any atom is 0.321 e. The van der Waals surface area contributed by atoms with Crippen LogP contribution >= 0.6 is 11.8 Å². The second-order valence-electron chi connectivity index (χ2n) is 7.44. The molecule has 2 aliphatic rings. The van der Waals surface area contributed by atoms with Crippen LogP contribution in [0.15, 0.2) is 23.4 Å². The minimum atomic E-state index is -0.468. The molecule has 152 valence electrons. The topological polar surface area (TPSA) is 91.4 Å². The van der Waals surface area contributed by atoms with E-state index in [0.29, 0.717) is 10.6 Å². The number of urea groups is 1. The highest BCUT2D eigenvalue weighted by Gasteiger charge is 2.22. The zero-order valence-electron chi connectivity index (χ0n) is 16.3. The first kappa shape index (κ1) is 20.6. The second-order valence-corrected chi connectivity index (χ2v) is 8.80. The first-order chi connectivity index (χ1) is 13.5. The van der Waals surface area contributed by atoms with Crippen molar-refractivity contribution in [3.8, 4) is 0 Å². The molecule has 1 saturated heterocycles. The van der Waals surface area contributed by atoms with Crippen molar-refractivity contribution in [1.29, 1.82) is 0 Å². The summed E-state index contributed by atoms with van der Waals surface area (Å²) in [6.45, 7) is 3.34. The monoisotopic (exact) mass is 404 g/mol. The van der Waals surface area contributed by atoms with Crippen molar-refractivity contribution in [2.24, 2.45) is 0 Å². The van der Waals surface area contributed by atoms with Gasteiger partial charge in [0, 0.05) is 25.3 Å². The Balaban J connectivity index is 1.46. The molecule has 8 heteroatoms. The SMILES string of the molecule is C[C@H](Sc1ccc(C(=O)N2CCCC2)cn1)C(=O)NC(=O)NC1CCCCC1. The Morgan fingerprint density at radius 2 is 1.82 bits per heavy atom. The van der Waals surface area contributed by atoms with E-state index >= 15 is 0 Å².